The zero-order chi connectivity index (χ0) is 13.9. The second kappa shape index (κ2) is 5.35. The van der Waals surface area contributed by atoms with Gasteiger partial charge in [-0.05, 0) is 48.5 Å². The van der Waals surface area contributed by atoms with Gasteiger partial charge in [0.25, 0.3) is 0 Å². The van der Waals surface area contributed by atoms with Crippen LogP contribution in [0.15, 0.2) is 54.7 Å². The highest BCUT2D eigenvalue weighted by atomic mass is 32.1. The molecule has 0 N–H and O–H groups in total. The fraction of sp³-hybridized carbons (Fsp3) is 0.0625. The van der Waals surface area contributed by atoms with E-state index in [1.165, 1.54) is 11.3 Å². The largest absolute Gasteiger partial charge is 0.497 e. The number of rotatable bonds is 4. The van der Waals surface area contributed by atoms with Crippen molar-refractivity contribution in [2.24, 2.45) is 0 Å². The number of hydrogen-bond acceptors (Lipinski definition) is 3. The Kier molecular flexibility index (Phi) is 3.39. The summed E-state index contributed by atoms with van der Waals surface area (Å²) >= 11 is 1.49. The van der Waals surface area contributed by atoms with Crippen molar-refractivity contribution >= 4 is 17.6 Å². The van der Waals surface area contributed by atoms with Gasteiger partial charge >= 0.3 is 0 Å². The van der Waals surface area contributed by atoms with Crippen LogP contribution < -0.4 is 4.74 Å². The predicted molar refractivity (Wildman–Crippen MR) is 81.0 cm³/mol. The van der Waals surface area contributed by atoms with E-state index in [0.29, 0.717) is 0 Å². The summed E-state index contributed by atoms with van der Waals surface area (Å²) in [4.78, 5) is 12.6. The predicted octanol–water partition coefficient (Wildman–Crippen LogP) is 4.03. The van der Waals surface area contributed by atoms with E-state index < -0.39 is 0 Å². The molecule has 0 aliphatic heterocycles. The third-order valence-corrected chi connectivity index (χ3v) is 4.13. The van der Waals surface area contributed by atoms with Gasteiger partial charge in [-0.1, -0.05) is 0 Å². The summed E-state index contributed by atoms with van der Waals surface area (Å²) in [6.07, 6.45) is 2.90. The summed E-state index contributed by atoms with van der Waals surface area (Å²) in [5.41, 5.74) is 2.14. The second-order valence-corrected chi connectivity index (χ2v) is 5.40. The van der Waals surface area contributed by atoms with Crippen LogP contribution in [0.5, 0.6) is 5.75 Å². The molecule has 0 aliphatic rings. The van der Waals surface area contributed by atoms with E-state index in [4.69, 9.17) is 4.74 Å². The summed E-state index contributed by atoms with van der Waals surface area (Å²) in [6, 6.07) is 15.8. The molecule has 4 heteroatoms. The van der Waals surface area contributed by atoms with Crippen molar-refractivity contribution in [2.75, 3.05) is 7.11 Å². The number of carbonyl (C=O) groups excluding carboxylic acids is 1. The van der Waals surface area contributed by atoms with Crippen molar-refractivity contribution in [1.82, 2.24) is 4.57 Å². The Hall–Kier alpha value is -2.33. The molecule has 0 fully saturated rings. The lowest BCUT2D eigenvalue weighted by molar-refractivity contribution is 0.112. The van der Waals surface area contributed by atoms with Crippen molar-refractivity contribution in [3.8, 4) is 22.0 Å². The number of carbonyl (C=O) groups is 1. The van der Waals surface area contributed by atoms with E-state index in [2.05, 4.69) is 4.57 Å². The molecular weight excluding hydrogens is 270 g/mol. The quantitative estimate of drug-likeness (QED) is 0.677. The van der Waals surface area contributed by atoms with E-state index in [-0.39, 0.29) is 0 Å². The number of benzene rings is 1. The number of hydrogen-bond donors (Lipinski definition) is 0. The fourth-order valence-electron chi connectivity index (χ4n) is 2.10. The maximum atomic E-state index is 10.8. The standard InChI is InChI=1S/C16H13NO2S/c1-19-13-6-4-12(5-7-13)17-10-2-3-15(17)16-9-8-14(11-18)20-16/h2-11H,1H3. The van der Waals surface area contributed by atoms with Gasteiger partial charge in [0.15, 0.2) is 6.29 Å². The first kappa shape index (κ1) is 12.7. The SMILES string of the molecule is COc1ccc(-n2cccc2-c2ccc(C=O)s2)cc1. The van der Waals surface area contributed by atoms with Crippen molar-refractivity contribution < 1.29 is 9.53 Å². The molecule has 0 amide bonds. The number of ether oxygens (including phenoxy) is 1. The van der Waals surface area contributed by atoms with Gasteiger partial charge in [0, 0.05) is 11.9 Å². The summed E-state index contributed by atoms with van der Waals surface area (Å²) in [5.74, 6) is 0.835. The molecule has 0 bridgehead atoms. The Morgan fingerprint density at radius 2 is 1.90 bits per heavy atom. The summed E-state index contributed by atoms with van der Waals surface area (Å²) in [6.45, 7) is 0. The van der Waals surface area contributed by atoms with Gasteiger partial charge < -0.3 is 9.30 Å². The van der Waals surface area contributed by atoms with Crippen LogP contribution in [0.3, 0.4) is 0 Å². The summed E-state index contributed by atoms with van der Waals surface area (Å²) in [5, 5.41) is 0. The average molecular weight is 283 g/mol. The number of aldehydes is 1. The minimum atomic E-state index is 0.738. The van der Waals surface area contributed by atoms with Crippen LogP contribution in [0.25, 0.3) is 16.3 Å². The van der Waals surface area contributed by atoms with E-state index in [1.807, 2.05) is 54.7 Å². The molecular formula is C16H13NO2S. The highest BCUT2D eigenvalue weighted by Gasteiger charge is 2.08. The average Bonchev–Trinajstić information content (AvgIpc) is 3.15. The topological polar surface area (TPSA) is 31.2 Å². The van der Waals surface area contributed by atoms with Crippen LogP contribution in [0.1, 0.15) is 9.67 Å². The molecule has 20 heavy (non-hydrogen) atoms. The first-order valence-electron chi connectivity index (χ1n) is 6.19. The monoisotopic (exact) mass is 283 g/mol. The van der Waals surface area contributed by atoms with Gasteiger partial charge in [0.2, 0.25) is 0 Å². The lowest BCUT2D eigenvalue weighted by Crippen LogP contribution is -1.94. The maximum absolute atomic E-state index is 10.8. The Morgan fingerprint density at radius 1 is 1.10 bits per heavy atom. The van der Waals surface area contributed by atoms with Crippen LogP contribution in [0.4, 0.5) is 0 Å². The smallest absolute Gasteiger partial charge is 0.160 e. The highest BCUT2D eigenvalue weighted by Crippen LogP contribution is 2.30. The number of thiophene rings is 1. The van der Waals surface area contributed by atoms with Gasteiger partial charge in [-0.2, -0.15) is 0 Å². The molecule has 2 aromatic heterocycles. The molecule has 2 heterocycles. The maximum Gasteiger partial charge on any atom is 0.160 e. The van der Waals surface area contributed by atoms with E-state index in [1.54, 1.807) is 7.11 Å². The van der Waals surface area contributed by atoms with Crippen LogP contribution in [-0.2, 0) is 0 Å². The first-order valence-corrected chi connectivity index (χ1v) is 7.00. The Labute approximate surface area is 121 Å². The molecule has 3 aromatic rings. The van der Waals surface area contributed by atoms with E-state index in [0.717, 1.165) is 33.2 Å². The molecule has 3 nitrogen and oxygen atoms in total. The number of methoxy groups -OCH3 is 1. The molecule has 0 saturated carbocycles. The van der Waals surface area contributed by atoms with Gasteiger partial charge in [0.1, 0.15) is 5.75 Å². The summed E-state index contributed by atoms with van der Waals surface area (Å²) in [7, 11) is 1.66. The molecule has 0 aliphatic carbocycles. The van der Waals surface area contributed by atoms with Crippen molar-refractivity contribution in [3.63, 3.8) is 0 Å². The summed E-state index contributed by atoms with van der Waals surface area (Å²) < 4.78 is 7.27. The van der Waals surface area contributed by atoms with Gasteiger partial charge in [-0.3, -0.25) is 4.79 Å². The minimum absolute atomic E-state index is 0.738. The first-order chi connectivity index (χ1) is 9.81. The Balaban J connectivity index is 2.02. The zero-order valence-corrected chi connectivity index (χ0v) is 11.8. The van der Waals surface area contributed by atoms with Crippen LogP contribution in [-0.4, -0.2) is 18.0 Å². The Morgan fingerprint density at radius 3 is 2.55 bits per heavy atom. The van der Waals surface area contributed by atoms with Crippen LogP contribution in [0.2, 0.25) is 0 Å². The molecule has 100 valence electrons. The zero-order valence-electron chi connectivity index (χ0n) is 10.9. The molecule has 0 radical (unpaired) electrons. The van der Waals surface area contributed by atoms with E-state index in [9.17, 15) is 4.79 Å². The van der Waals surface area contributed by atoms with E-state index >= 15 is 0 Å². The highest BCUT2D eigenvalue weighted by molar-refractivity contribution is 7.17. The third kappa shape index (κ3) is 2.26. The molecule has 1 aromatic carbocycles. The number of aromatic nitrogens is 1. The van der Waals surface area contributed by atoms with Crippen molar-refractivity contribution in [1.29, 1.82) is 0 Å². The van der Waals surface area contributed by atoms with Crippen LogP contribution >= 0.6 is 11.3 Å². The lowest BCUT2D eigenvalue weighted by Gasteiger charge is -2.08. The van der Waals surface area contributed by atoms with Gasteiger partial charge in [-0.15, -0.1) is 11.3 Å². The molecule has 0 saturated heterocycles. The molecule has 0 unspecified atom stereocenters. The normalized spacial score (nSPS) is 10.4. The van der Waals surface area contributed by atoms with Gasteiger partial charge in [0.05, 0.1) is 22.6 Å². The molecule has 0 atom stereocenters. The van der Waals surface area contributed by atoms with Crippen LogP contribution in [0, 0.1) is 0 Å². The molecule has 0 spiro atoms. The fourth-order valence-corrected chi connectivity index (χ4v) is 2.95. The number of nitrogens with zero attached hydrogens (tertiary/aromatic N) is 1. The second-order valence-electron chi connectivity index (χ2n) is 4.28. The van der Waals surface area contributed by atoms with Crippen molar-refractivity contribution in [3.05, 3.63) is 59.6 Å². The minimum Gasteiger partial charge on any atom is -0.497 e. The third-order valence-electron chi connectivity index (χ3n) is 3.09. The van der Waals surface area contributed by atoms with Gasteiger partial charge in [-0.25, -0.2) is 0 Å². The lowest BCUT2D eigenvalue weighted by atomic mass is 10.2. The molecule has 3 rings (SSSR count). The Bertz CT molecular complexity index is 725. The van der Waals surface area contributed by atoms with Crippen molar-refractivity contribution in [2.45, 2.75) is 0 Å².